The Bertz CT molecular complexity index is 423. The van der Waals surface area contributed by atoms with Crippen molar-refractivity contribution in [1.29, 1.82) is 0 Å². The van der Waals surface area contributed by atoms with E-state index < -0.39 is 0 Å². The van der Waals surface area contributed by atoms with Gasteiger partial charge in [-0.2, -0.15) is 0 Å². The average molecular weight is 278 g/mol. The first kappa shape index (κ1) is 15.3. The third-order valence-corrected chi connectivity index (χ3v) is 4.03. The van der Waals surface area contributed by atoms with Crippen molar-refractivity contribution in [1.82, 2.24) is 4.90 Å². The minimum Gasteiger partial charge on any atom is -0.497 e. The van der Waals surface area contributed by atoms with Crippen LogP contribution in [0.3, 0.4) is 0 Å². The first-order valence-corrected chi connectivity index (χ1v) is 7.40. The maximum Gasteiger partial charge on any atom is 0.119 e. The van der Waals surface area contributed by atoms with Crippen LogP contribution in [0.5, 0.6) is 5.75 Å². The molecule has 0 aromatic heterocycles. The van der Waals surface area contributed by atoms with Crippen molar-refractivity contribution < 1.29 is 9.47 Å². The van der Waals surface area contributed by atoms with Crippen molar-refractivity contribution >= 4 is 0 Å². The molecule has 0 aliphatic carbocycles. The molecule has 1 aliphatic heterocycles. The second-order valence-electron chi connectivity index (χ2n) is 5.46. The summed E-state index contributed by atoms with van der Waals surface area (Å²) < 4.78 is 10.9. The number of benzene rings is 1. The lowest BCUT2D eigenvalue weighted by Crippen LogP contribution is -2.51. The van der Waals surface area contributed by atoms with E-state index in [4.69, 9.17) is 15.2 Å². The molecule has 0 spiro atoms. The van der Waals surface area contributed by atoms with Crippen LogP contribution in [0.4, 0.5) is 0 Å². The molecule has 1 aromatic rings. The molecule has 112 valence electrons. The molecule has 0 amide bonds. The van der Waals surface area contributed by atoms with E-state index in [-0.39, 0.29) is 12.1 Å². The predicted molar refractivity (Wildman–Crippen MR) is 81.0 cm³/mol. The molecule has 0 saturated carbocycles. The van der Waals surface area contributed by atoms with Crippen molar-refractivity contribution in [3.05, 3.63) is 29.8 Å². The molecule has 1 aliphatic rings. The van der Waals surface area contributed by atoms with Gasteiger partial charge >= 0.3 is 0 Å². The molecular weight excluding hydrogens is 252 g/mol. The maximum atomic E-state index is 6.28. The summed E-state index contributed by atoms with van der Waals surface area (Å²) in [6.45, 7) is 6.79. The van der Waals surface area contributed by atoms with Gasteiger partial charge in [-0.25, -0.2) is 0 Å². The standard InChI is InChI=1S/C16H26N2O2/c1-4-14-11-20-9-8-18(14)16(12(2)17)13-6-5-7-15(10-13)19-3/h5-7,10,12,14,16H,4,8-9,11,17H2,1-3H3. The minimum absolute atomic E-state index is 0.0641. The fourth-order valence-corrected chi connectivity index (χ4v) is 3.01. The summed E-state index contributed by atoms with van der Waals surface area (Å²) in [7, 11) is 1.70. The van der Waals surface area contributed by atoms with E-state index in [1.807, 2.05) is 12.1 Å². The maximum absolute atomic E-state index is 6.28. The highest BCUT2D eigenvalue weighted by Gasteiger charge is 2.31. The number of nitrogens with two attached hydrogens (primary N) is 1. The van der Waals surface area contributed by atoms with Gasteiger partial charge in [0, 0.05) is 18.6 Å². The van der Waals surface area contributed by atoms with Crippen molar-refractivity contribution in [3.63, 3.8) is 0 Å². The Morgan fingerprint density at radius 2 is 2.30 bits per heavy atom. The van der Waals surface area contributed by atoms with Gasteiger partial charge in [0.2, 0.25) is 0 Å². The summed E-state index contributed by atoms with van der Waals surface area (Å²) in [6, 6.07) is 8.94. The largest absolute Gasteiger partial charge is 0.497 e. The normalized spacial score (nSPS) is 23.3. The van der Waals surface area contributed by atoms with Gasteiger partial charge in [0.1, 0.15) is 5.75 Å². The Balaban J connectivity index is 2.29. The summed E-state index contributed by atoms with van der Waals surface area (Å²) in [5, 5.41) is 0. The van der Waals surface area contributed by atoms with Crippen LogP contribution in [0.2, 0.25) is 0 Å². The fraction of sp³-hybridized carbons (Fsp3) is 0.625. The number of methoxy groups -OCH3 is 1. The molecule has 1 saturated heterocycles. The van der Waals surface area contributed by atoms with E-state index in [0.717, 1.165) is 31.9 Å². The molecule has 20 heavy (non-hydrogen) atoms. The number of rotatable bonds is 5. The van der Waals surface area contributed by atoms with Crippen LogP contribution in [0.1, 0.15) is 31.9 Å². The van der Waals surface area contributed by atoms with E-state index in [2.05, 4.69) is 30.9 Å². The Hall–Kier alpha value is -1.10. The van der Waals surface area contributed by atoms with Gasteiger partial charge < -0.3 is 15.2 Å². The fourth-order valence-electron chi connectivity index (χ4n) is 3.01. The molecule has 4 heteroatoms. The van der Waals surface area contributed by atoms with Crippen molar-refractivity contribution in [3.8, 4) is 5.75 Å². The number of morpholine rings is 1. The number of ether oxygens (including phenoxy) is 2. The molecule has 4 nitrogen and oxygen atoms in total. The molecule has 0 radical (unpaired) electrons. The summed E-state index contributed by atoms with van der Waals surface area (Å²) in [5.74, 6) is 0.884. The van der Waals surface area contributed by atoms with Gasteiger partial charge in [-0.05, 0) is 31.0 Å². The van der Waals surface area contributed by atoms with E-state index >= 15 is 0 Å². The van der Waals surface area contributed by atoms with Gasteiger partial charge in [0.15, 0.2) is 0 Å². The zero-order valence-electron chi connectivity index (χ0n) is 12.7. The highest BCUT2D eigenvalue weighted by molar-refractivity contribution is 5.31. The van der Waals surface area contributed by atoms with Crippen LogP contribution in [0.25, 0.3) is 0 Å². The average Bonchev–Trinajstić information content (AvgIpc) is 2.48. The quantitative estimate of drug-likeness (QED) is 0.897. The smallest absolute Gasteiger partial charge is 0.119 e. The molecule has 3 unspecified atom stereocenters. The molecule has 1 aromatic carbocycles. The molecule has 2 rings (SSSR count). The molecule has 1 fully saturated rings. The molecular formula is C16H26N2O2. The third kappa shape index (κ3) is 3.32. The van der Waals surface area contributed by atoms with Crippen LogP contribution in [0, 0.1) is 0 Å². The summed E-state index contributed by atoms with van der Waals surface area (Å²) in [6.07, 6.45) is 1.08. The topological polar surface area (TPSA) is 47.7 Å². The SMILES string of the molecule is CCC1COCCN1C(c1cccc(OC)c1)C(C)N. The number of nitrogens with zero attached hydrogens (tertiary/aromatic N) is 1. The Kier molecular flexibility index (Phi) is 5.40. The predicted octanol–water partition coefficient (Wildman–Crippen LogP) is 2.19. The lowest BCUT2D eigenvalue weighted by atomic mass is 9.96. The van der Waals surface area contributed by atoms with Crippen LogP contribution >= 0.6 is 0 Å². The molecule has 3 atom stereocenters. The van der Waals surface area contributed by atoms with Crippen molar-refractivity contribution in [2.24, 2.45) is 5.73 Å². The van der Waals surface area contributed by atoms with Crippen LogP contribution < -0.4 is 10.5 Å². The third-order valence-electron chi connectivity index (χ3n) is 4.03. The Morgan fingerprint density at radius 3 is 2.95 bits per heavy atom. The second-order valence-corrected chi connectivity index (χ2v) is 5.46. The van der Waals surface area contributed by atoms with Crippen LogP contribution in [-0.4, -0.2) is 43.9 Å². The Morgan fingerprint density at radius 1 is 1.50 bits per heavy atom. The lowest BCUT2D eigenvalue weighted by Gasteiger charge is -2.42. The van der Waals surface area contributed by atoms with E-state index in [0.29, 0.717) is 6.04 Å². The van der Waals surface area contributed by atoms with Crippen molar-refractivity contribution in [2.75, 3.05) is 26.9 Å². The lowest BCUT2D eigenvalue weighted by molar-refractivity contribution is -0.0349. The van der Waals surface area contributed by atoms with Gasteiger partial charge in [-0.3, -0.25) is 4.90 Å². The van der Waals surface area contributed by atoms with Gasteiger partial charge in [0.05, 0.1) is 26.4 Å². The van der Waals surface area contributed by atoms with E-state index in [9.17, 15) is 0 Å². The second kappa shape index (κ2) is 7.07. The zero-order valence-corrected chi connectivity index (χ0v) is 12.7. The summed E-state index contributed by atoms with van der Waals surface area (Å²) >= 11 is 0. The monoisotopic (exact) mass is 278 g/mol. The highest BCUT2D eigenvalue weighted by atomic mass is 16.5. The van der Waals surface area contributed by atoms with Crippen LogP contribution in [-0.2, 0) is 4.74 Å². The first-order chi connectivity index (χ1) is 9.67. The molecule has 0 bridgehead atoms. The highest BCUT2D eigenvalue weighted by Crippen LogP contribution is 2.30. The zero-order chi connectivity index (χ0) is 14.5. The van der Waals surface area contributed by atoms with Gasteiger partial charge in [-0.1, -0.05) is 19.1 Å². The first-order valence-electron chi connectivity index (χ1n) is 7.40. The van der Waals surface area contributed by atoms with Gasteiger partial charge in [0.25, 0.3) is 0 Å². The van der Waals surface area contributed by atoms with Crippen LogP contribution in [0.15, 0.2) is 24.3 Å². The van der Waals surface area contributed by atoms with Crippen molar-refractivity contribution in [2.45, 2.75) is 38.4 Å². The number of hydrogen-bond acceptors (Lipinski definition) is 4. The number of hydrogen-bond donors (Lipinski definition) is 1. The summed E-state index contributed by atoms with van der Waals surface area (Å²) in [4.78, 5) is 2.49. The molecule has 1 heterocycles. The Labute approximate surface area is 121 Å². The van der Waals surface area contributed by atoms with E-state index in [1.165, 1.54) is 5.56 Å². The van der Waals surface area contributed by atoms with Gasteiger partial charge in [-0.15, -0.1) is 0 Å². The van der Waals surface area contributed by atoms with E-state index in [1.54, 1.807) is 7.11 Å². The minimum atomic E-state index is 0.0641. The molecule has 2 N–H and O–H groups in total. The summed E-state index contributed by atoms with van der Waals surface area (Å²) in [5.41, 5.74) is 7.51.